The molecule has 2 aromatic carbocycles. The van der Waals surface area contributed by atoms with Gasteiger partial charge in [0.2, 0.25) is 0 Å². The second-order valence-electron chi connectivity index (χ2n) is 7.14. The number of rotatable bonds is 6. The summed E-state index contributed by atoms with van der Waals surface area (Å²) < 4.78 is 22.7. The first-order valence-electron chi connectivity index (χ1n) is 9.66. The van der Waals surface area contributed by atoms with Crippen molar-refractivity contribution >= 4 is 11.9 Å². The third-order valence-corrected chi connectivity index (χ3v) is 5.11. The first kappa shape index (κ1) is 21.0. The molecule has 1 heterocycles. The van der Waals surface area contributed by atoms with Crippen LogP contribution in [0.2, 0.25) is 0 Å². The van der Waals surface area contributed by atoms with Crippen LogP contribution in [-0.2, 0) is 30.3 Å². The van der Waals surface area contributed by atoms with Gasteiger partial charge in [0.1, 0.15) is 6.10 Å². The Morgan fingerprint density at radius 3 is 2.17 bits per heavy atom. The molecule has 0 N–H and O–H groups in total. The second kappa shape index (κ2) is 9.67. The normalized spacial score (nSPS) is 26.5. The molecule has 29 heavy (non-hydrogen) atoms. The molecular weight excluding hydrogens is 372 g/mol. The molecule has 0 spiro atoms. The third-order valence-electron chi connectivity index (χ3n) is 5.11. The van der Waals surface area contributed by atoms with Gasteiger partial charge in [-0.2, -0.15) is 0 Å². The number of hydrogen-bond acceptors (Lipinski definition) is 6. The molecule has 0 aliphatic carbocycles. The number of carbonyl (C=O) groups is 2. The molecule has 1 aliphatic rings. The van der Waals surface area contributed by atoms with Gasteiger partial charge in [-0.1, -0.05) is 55.5 Å². The van der Waals surface area contributed by atoms with E-state index in [2.05, 4.69) is 0 Å². The molecule has 5 atom stereocenters. The first-order valence-corrected chi connectivity index (χ1v) is 9.66. The second-order valence-corrected chi connectivity index (χ2v) is 7.14. The number of ether oxygens (including phenoxy) is 4. The van der Waals surface area contributed by atoms with Crippen LogP contribution in [0.15, 0.2) is 60.7 Å². The zero-order chi connectivity index (χ0) is 20.8. The average Bonchev–Trinajstić information content (AvgIpc) is 2.76. The van der Waals surface area contributed by atoms with Gasteiger partial charge in [-0.05, 0) is 24.6 Å². The Morgan fingerprint density at radius 1 is 0.931 bits per heavy atom. The van der Waals surface area contributed by atoms with E-state index in [1.807, 2.05) is 43.3 Å². The van der Waals surface area contributed by atoms with E-state index in [9.17, 15) is 9.59 Å². The van der Waals surface area contributed by atoms with Crippen molar-refractivity contribution in [3.8, 4) is 0 Å². The first-order chi connectivity index (χ1) is 14.0. The lowest BCUT2D eigenvalue weighted by molar-refractivity contribution is -0.218. The Bertz CT molecular complexity index is 807. The summed E-state index contributed by atoms with van der Waals surface area (Å²) in [7, 11) is 1.32. The van der Waals surface area contributed by atoms with Crippen LogP contribution in [0.3, 0.4) is 0 Å². The summed E-state index contributed by atoms with van der Waals surface area (Å²) in [4.78, 5) is 24.8. The Balaban J connectivity index is 1.80. The van der Waals surface area contributed by atoms with Gasteiger partial charge in [0.25, 0.3) is 0 Å². The molecule has 0 radical (unpaired) electrons. The predicted octanol–water partition coefficient (Wildman–Crippen LogP) is 3.39. The van der Waals surface area contributed by atoms with E-state index in [4.69, 9.17) is 18.9 Å². The average molecular weight is 398 g/mol. The van der Waals surface area contributed by atoms with Crippen LogP contribution >= 0.6 is 0 Å². The molecule has 1 fully saturated rings. The van der Waals surface area contributed by atoms with Gasteiger partial charge in [0.05, 0.1) is 25.4 Å². The quantitative estimate of drug-likeness (QED) is 0.695. The van der Waals surface area contributed by atoms with Crippen LogP contribution in [0, 0.1) is 5.92 Å². The summed E-state index contributed by atoms with van der Waals surface area (Å²) in [5.41, 5.74) is 1.44. The Hall–Kier alpha value is -2.70. The lowest BCUT2D eigenvalue weighted by Crippen LogP contribution is -2.57. The van der Waals surface area contributed by atoms with Crippen molar-refractivity contribution in [3.63, 3.8) is 0 Å². The van der Waals surface area contributed by atoms with Gasteiger partial charge in [-0.15, -0.1) is 0 Å². The minimum absolute atomic E-state index is 0.329. The smallest absolute Gasteiger partial charge is 0.338 e. The zero-order valence-electron chi connectivity index (χ0n) is 16.8. The zero-order valence-corrected chi connectivity index (χ0v) is 16.8. The van der Waals surface area contributed by atoms with Crippen molar-refractivity contribution < 1.29 is 28.5 Å². The van der Waals surface area contributed by atoms with Gasteiger partial charge in [0.15, 0.2) is 12.2 Å². The molecule has 6 heteroatoms. The molecule has 1 saturated heterocycles. The maximum atomic E-state index is 12.6. The summed E-state index contributed by atoms with van der Waals surface area (Å²) in [6.07, 6.45) is -2.52. The lowest BCUT2D eigenvalue weighted by atomic mass is 9.88. The fourth-order valence-corrected chi connectivity index (χ4v) is 3.50. The minimum atomic E-state index is -0.789. The van der Waals surface area contributed by atoms with Crippen molar-refractivity contribution in [2.45, 2.75) is 44.9 Å². The highest BCUT2D eigenvalue weighted by Gasteiger charge is 2.48. The predicted molar refractivity (Wildman–Crippen MR) is 106 cm³/mol. The van der Waals surface area contributed by atoms with Crippen molar-refractivity contribution in [3.05, 3.63) is 71.8 Å². The third kappa shape index (κ3) is 5.02. The Morgan fingerprint density at radius 2 is 1.55 bits per heavy atom. The fourth-order valence-electron chi connectivity index (χ4n) is 3.50. The maximum Gasteiger partial charge on any atom is 0.338 e. The summed E-state index contributed by atoms with van der Waals surface area (Å²) in [6.45, 7) is 3.94. The molecule has 3 rings (SSSR count). The molecule has 2 aromatic rings. The summed E-state index contributed by atoms with van der Waals surface area (Å²) in [5, 5.41) is 0. The highest BCUT2D eigenvalue weighted by molar-refractivity contribution is 5.89. The summed E-state index contributed by atoms with van der Waals surface area (Å²) >= 11 is 0. The van der Waals surface area contributed by atoms with Gasteiger partial charge >= 0.3 is 11.9 Å². The number of methoxy groups -OCH3 is 1. The molecule has 6 nitrogen and oxygen atoms in total. The van der Waals surface area contributed by atoms with Crippen molar-refractivity contribution in [1.29, 1.82) is 0 Å². The fraction of sp³-hybridized carbons (Fsp3) is 0.391. The van der Waals surface area contributed by atoms with Gasteiger partial charge < -0.3 is 18.9 Å². The van der Waals surface area contributed by atoms with Crippen LogP contribution < -0.4 is 0 Å². The molecule has 0 amide bonds. The molecule has 1 aliphatic heterocycles. The van der Waals surface area contributed by atoms with Crippen molar-refractivity contribution in [2.75, 3.05) is 7.11 Å². The van der Waals surface area contributed by atoms with Crippen molar-refractivity contribution in [1.82, 2.24) is 0 Å². The van der Waals surface area contributed by atoms with Crippen molar-refractivity contribution in [2.24, 2.45) is 5.92 Å². The maximum absolute atomic E-state index is 12.6. The summed E-state index contributed by atoms with van der Waals surface area (Å²) in [6, 6.07) is 18.5. The molecular formula is C23H26O6. The highest BCUT2D eigenvalue weighted by Crippen LogP contribution is 2.32. The van der Waals surface area contributed by atoms with Crippen LogP contribution in [-0.4, -0.2) is 43.5 Å². The lowest BCUT2D eigenvalue weighted by Gasteiger charge is -2.43. The van der Waals surface area contributed by atoms with Crippen LogP contribution in [0.4, 0.5) is 0 Å². The number of esters is 2. The number of hydrogen-bond donors (Lipinski definition) is 0. The van der Waals surface area contributed by atoms with Crippen LogP contribution in [0.25, 0.3) is 0 Å². The van der Waals surface area contributed by atoms with E-state index >= 15 is 0 Å². The number of carbonyl (C=O) groups excluding carboxylic acids is 2. The van der Waals surface area contributed by atoms with Gasteiger partial charge in [0, 0.05) is 5.92 Å². The van der Waals surface area contributed by atoms with E-state index in [1.165, 1.54) is 7.11 Å². The van der Waals surface area contributed by atoms with E-state index in [-0.39, 0.29) is 5.92 Å². The van der Waals surface area contributed by atoms with Gasteiger partial charge in [-0.3, -0.25) is 0 Å². The van der Waals surface area contributed by atoms with E-state index in [1.54, 1.807) is 31.2 Å². The molecule has 0 aromatic heterocycles. The SMILES string of the molecule is COC(=O)C1O[C@H](C)C(OC(=O)c2ccccc2)[C@@H](OCc2ccccc2)[C@@H]1C. The minimum Gasteiger partial charge on any atom is -0.467 e. The molecule has 0 bridgehead atoms. The van der Waals surface area contributed by atoms with Crippen LogP contribution in [0.1, 0.15) is 29.8 Å². The Labute approximate surface area is 170 Å². The largest absolute Gasteiger partial charge is 0.467 e. The monoisotopic (exact) mass is 398 g/mol. The summed E-state index contributed by atoms with van der Waals surface area (Å²) in [5.74, 6) is -1.29. The topological polar surface area (TPSA) is 71.1 Å². The highest BCUT2D eigenvalue weighted by atomic mass is 16.6. The van der Waals surface area contributed by atoms with E-state index in [0.29, 0.717) is 12.2 Å². The van der Waals surface area contributed by atoms with E-state index < -0.39 is 36.4 Å². The Kier molecular flexibility index (Phi) is 7.01. The van der Waals surface area contributed by atoms with Gasteiger partial charge in [-0.25, -0.2) is 9.59 Å². The van der Waals surface area contributed by atoms with Crippen LogP contribution in [0.5, 0.6) is 0 Å². The number of benzene rings is 2. The van der Waals surface area contributed by atoms with E-state index in [0.717, 1.165) is 5.56 Å². The molecule has 0 saturated carbocycles. The molecule has 2 unspecified atom stereocenters. The standard InChI is InChI=1S/C23H26O6/c1-15-19(27-14-17-10-6-4-7-11-17)21(16(2)28-20(15)23(25)26-3)29-22(24)18-12-8-5-9-13-18/h4-13,15-16,19-21H,14H2,1-3H3/t15-,16+,19-,20?,21?/m0/s1. The molecule has 154 valence electrons.